The molecule has 45 heavy (non-hydrogen) atoms. The van der Waals surface area contributed by atoms with Gasteiger partial charge in [0, 0.05) is 37.0 Å². The molecule has 0 bridgehead atoms. The summed E-state index contributed by atoms with van der Waals surface area (Å²) in [6.45, 7) is 3.08. The Morgan fingerprint density at radius 1 is 1.07 bits per heavy atom. The molecule has 1 aliphatic carbocycles. The third-order valence-corrected chi connectivity index (χ3v) is 10.8. The number of likely N-dealkylation sites (tertiary alicyclic amines) is 1. The molecule has 4 aliphatic rings. The molecule has 2 aromatic heterocycles. The number of rotatable bonds is 4. The number of anilines is 1. The fourth-order valence-electron chi connectivity index (χ4n) is 8.20. The lowest BCUT2D eigenvalue weighted by atomic mass is 9.67. The fourth-order valence-corrected chi connectivity index (χ4v) is 8.20. The Balaban J connectivity index is 1.30. The maximum Gasteiger partial charge on any atom is 0.259 e. The number of fused-ring (bicyclic) bond motifs is 1. The summed E-state index contributed by atoms with van der Waals surface area (Å²) in [5.74, 6) is -1.45. The first-order valence-electron chi connectivity index (χ1n) is 16.9. The number of nitrogen functional groups attached to an aromatic ring is 1. The SMILES string of the molecule is CN1CCC(C(=O)N2CC=C(C3C(F)CNC4(CCCCCCCCC4)C3NC(=O)c3c(N)nn4cc(F)cnc34)CC2)CC1. The largest absolute Gasteiger partial charge is 0.381 e. The number of nitrogens with zero attached hydrogens (tertiary/aromatic N) is 5. The number of aromatic nitrogens is 3. The van der Waals surface area contributed by atoms with Crippen molar-refractivity contribution in [3.05, 3.63) is 35.4 Å². The van der Waals surface area contributed by atoms with Crippen LogP contribution in [0.5, 0.6) is 0 Å². The average molecular weight is 627 g/mol. The molecular formula is C33H48F2N8O2. The highest BCUT2D eigenvalue weighted by Gasteiger charge is 2.51. The van der Waals surface area contributed by atoms with Crippen molar-refractivity contribution in [2.75, 3.05) is 45.5 Å². The minimum Gasteiger partial charge on any atom is -0.381 e. The van der Waals surface area contributed by atoms with Gasteiger partial charge in [-0.3, -0.25) is 9.59 Å². The van der Waals surface area contributed by atoms with E-state index in [1.807, 2.05) is 11.0 Å². The van der Waals surface area contributed by atoms with Crippen LogP contribution in [0.3, 0.4) is 0 Å². The van der Waals surface area contributed by atoms with Crippen molar-refractivity contribution in [1.82, 2.24) is 35.0 Å². The van der Waals surface area contributed by atoms with E-state index in [2.05, 4.69) is 32.7 Å². The van der Waals surface area contributed by atoms with E-state index in [0.717, 1.165) is 82.4 Å². The standard InChI is InChI=1S/C33H48F2N8O2/c1-41-15-9-23(10-16-41)32(45)42-17-11-22(12-18-42)26-25(35)20-38-33(13-7-5-3-2-4-6-8-14-33)28(26)39-31(44)27-29(36)40-43-21-24(34)19-37-30(27)43/h11,19,21,23,25-26,28,38H,2-10,12-18,20H2,1H3,(H2,36,40)(H,39,44). The van der Waals surface area contributed by atoms with Gasteiger partial charge in [0.15, 0.2) is 17.3 Å². The van der Waals surface area contributed by atoms with E-state index >= 15 is 4.39 Å². The number of hydrogen-bond acceptors (Lipinski definition) is 7. The number of hydrogen-bond donors (Lipinski definition) is 3. The minimum atomic E-state index is -1.22. The third kappa shape index (κ3) is 6.72. The molecular weight excluding hydrogens is 578 g/mol. The van der Waals surface area contributed by atoms with Crippen LogP contribution in [0.15, 0.2) is 24.0 Å². The summed E-state index contributed by atoms with van der Waals surface area (Å²) < 4.78 is 31.3. The predicted octanol–water partition coefficient (Wildman–Crippen LogP) is 3.87. The highest BCUT2D eigenvalue weighted by molar-refractivity contribution is 6.04. The maximum absolute atomic E-state index is 16.3. The molecule has 0 aromatic carbocycles. The first-order valence-corrected chi connectivity index (χ1v) is 16.9. The number of carbonyl (C=O) groups excluding carboxylic acids is 2. The van der Waals surface area contributed by atoms with Crippen molar-refractivity contribution >= 4 is 23.3 Å². The first kappa shape index (κ1) is 31.8. The van der Waals surface area contributed by atoms with E-state index in [9.17, 15) is 14.0 Å². The number of nitrogens with one attached hydrogen (secondary N) is 2. The van der Waals surface area contributed by atoms with Crippen molar-refractivity contribution in [3.8, 4) is 0 Å². The number of halogens is 2. The van der Waals surface area contributed by atoms with Crippen LogP contribution in [-0.4, -0.2) is 93.7 Å². The summed E-state index contributed by atoms with van der Waals surface area (Å²) in [4.78, 5) is 35.7. The van der Waals surface area contributed by atoms with Gasteiger partial charge in [0.2, 0.25) is 5.91 Å². The van der Waals surface area contributed by atoms with Crippen LogP contribution >= 0.6 is 0 Å². The highest BCUT2D eigenvalue weighted by atomic mass is 19.1. The molecule has 3 aliphatic heterocycles. The molecule has 0 radical (unpaired) electrons. The van der Waals surface area contributed by atoms with Crippen LogP contribution in [0.1, 0.15) is 87.4 Å². The Hall–Kier alpha value is -3.12. The van der Waals surface area contributed by atoms with Gasteiger partial charge in [-0.25, -0.2) is 18.3 Å². The van der Waals surface area contributed by atoms with Gasteiger partial charge in [0.25, 0.3) is 5.91 Å². The van der Waals surface area contributed by atoms with Crippen LogP contribution in [0.2, 0.25) is 0 Å². The zero-order valence-electron chi connectivity index (χ0n) is 26.4. The first-order chi connectivity index (χ1) is 21.8. The molecule has 6 rings (SSSR count). The van der Waals surface area contributed by atoms with E-state index in [0.29, 0.717) is 19.5 Å². The lowest BCUT2D eigenvalue weighted by Crippen LogP contribution is -2.70. The van der Waals surface area contributed by atoms with Gasteiger partial charge in [-0.2, -0.15) is 0 Å². The molecule has 12 heteroatoms. The summed E-state index contributed by atoms with van der Waals surface area (Å²) in [6, 6.07) is -0.551. The monoisotopic (exact) mass is 626 g/mol. The Labute approximate surface area is 264 Å². The lowest BCUT2D eigenvalue weighted by molar-refractivity contribution is -0.136. The molecule has 3 fully saturated rings. The van der Waals surface area contributed by atoms with Gasteiger partial charge < -0.3 is 26.2 Å². The van der Waals surface area contributed by atoms with E-state index in [4.69, 9.17) is 5.73 Å². The predicted molar refractivity (Wildman–Crippen MR) is 169 cm³/mol. The fraction of sp³-hybridized carbons (Fsp3) is 0.697. The van der Waals surface area contributed by atoms with Crippen LogP contribution in [0.25, 0.3) is 5.65 Å². The molecule has 3 atom stereocenters. The van der Waals surface area contributed by atoms with Crippen molar-refractivity contribution in [1.29, 1.82) is 0 Å². The van der Waals surface area contributed by atoms with Crippen molar-refractivity contribution in [2.45, 2.75) is 94.8 Å². The topological polar surface area (TPSA) is 121 Å². The molecule has 2 aromatic rings. The summed E-state index contributed by atoms with van der Waals surface area (Å²) >= 11 is 0. The summed E-state index contributed by atoms with van der Waals surface area (Å²) in [7, 11) is 2.09. The Bertz CT molecular complexity index is 1390. The summed E-state index contributed by atoms with van der Waals surface area (Å²) in [5, 5.41) is 11.0. The van der Waals surface area contributed by atoms with Gasteiger partial charge in [0.05, 0.1) is 18.4 Å². The Kier molecular flexibility index (Phi) is 9.70. The normalized spacial score (nSPS) is 27.3. The lowest BCUT2D eigenvalue weighted by Gasteiger charge is -2.52. The Morgan fingerprint density at radius 2 is 1.76 bits per heavy atom. The van der Waals surface area contributed by atoms with Gasteiger partial charge in [-0.05, 0) is 52.2 Å². The van der Waals surface area contributed by atoms with Crippen molar-refractivity contribution < 1.29 is 18.4 Å². The van der Waals surface area contributed by atoms with Gasteiger partial charge >= 0.3 is 0 Å². The zero-order valence-corrected chi connectivity index (χ0v) is 26.4. The maximum atomic E-state index is 16.3. The van der Waals surface area contributed by atoms with Crippen LogP contribution in [-0.2, 0) is 4.79 Å². The molecule has 5 heterocycles. The second-order valence-corrected chi connectivity index (χ2v) is 13.7. The number of nitrogens with two attached hydrogens (primary N) is 1. The minimum absolute atomic E-state index is 0.0422. The van der Waals surface area contributed by atoms with E-state index in [1.54, 1.807) is 0 Å². The number of piperidine rings is 2. The summed E-state index contributed by atoms with van der Waals surface area (Å²) in [6.07, 6.45) is 14.7. The molecule has 246 valence electrons. The molecule has 1 saturated carbocycles. The van der Waals surface area contributed by atoms with Crippen LogP contribution < -0.4 is 16.4 Å². The number of alkyl halides is 1. The molecule has 4 N–H and O–H groups in total. The molecule has 1 spiro atoms. The number of amides is 2. The van der Waals surface area contributed by atoms with E-state index in [1.165, 1.54) is 23.8 Å². The molecule has 2 saturated heterocycles. The number of carbonyl (C=O) groups is 2. The second kappa shape index (κ2) is 13.7. The second-order valence-electron chi connectivity index (χ2n) is 13.7. The molecule has 3 unspecified atom stereocenters. The van der Waals surface area contributed by atoms with E-state index in [-0.39, 0.29) is 35.4 Å². The highest BCUT2D eigenvalue weighted by Crippen LogP contribution is 2.41. The van der Waals surface area contributed by atoms with E-state index < -0.39 is 35.4 Å². The van der Waals surface area contributed by atoms with Gasteiger partial charge in [-0.15, -0.1) is 5.10 Å². The van der Waals surface area contributed by atoms with Crippen LogP contribution in [0, 0.1) is 17.7 Å². The van der Waals surface area contributed by atoms with Gasteiger partial charge in [0.1, 0.15) is 11.7 Å². The van der Waals surface area contributed by atoms with Crippen molar-refractivity contribution in [3.63, 3.8) is 0 Å². The van der Waals surface area contributed by atoms with Gasteiger partial charge in [-0.1, -0.05) is 56.6 Å². The van der Waals surface area contributed by atoms with Crippen LogP contribution in [0.4, 0.5) is 14.6 Å². The van der Waals surface area contributed by atoms with Crippen molar-refractivity contribution in [2.24, 2.45) is 11.8 Å². The molecule has 10 nitrogen and oxygen atoms in total. The molecule has 2 amide bonds. The summed E-state index contributed by atoms with van der Waals surface area (Å²) in [5.41, 5.74) is 6.87. The average Bonchev–Trinajstić information content (AvgIpc) is 3.37. The smallest absolute Gasteiger partial charge is 0.259 e. The Morgan fingerprint density at radius 3 is 2.42 bits per heavy atom. The quantitative estimate of drug-likeness (QED) is 0.441. The zero-order chi connectivity index (χ0) is 31.6. The third-order valence-electron chi connectivity index (χ3n) is 10.8.